The maximum atomic E-state index is 6.44. The van der Waals surface area contributed by atoms with Gasteiger partial charge in [0.15, 0.2) is 0 Å². The summed E-state index contributed by atoms with van der Waals surface area (Å²) in [4.78, 5) is 4.34. The van der Waals surface area contributed by atoms with Gasteiger partial charge in [0.2, 0.25) is 0 Å². The third kappa shape index (κ3) is 2.73. The minimum atomic E-state index is -0.211. The molecule has 1 unspecified atom stereocenters. The van der Waals surface area contributed by atoms with E-state index < -0.39 is 0 Å². The number of para-hydroxylation sites is 1. The van der Waals surface area contributed by atoms with Crippen LogP contribution in [0.15, 0.2) is 60.8 Å². The van der Waals surface area contributed by atoms with Gasteiger partial charge >= 0.3 is 0 Å². The number of rotatable bonds is 4. The first-order chi connectivity index (χ1) is 10.3. The highest BCUT2D eigenvalue weighted by Crippen LogP contribution is 2.29. The highest BCUT2D eigenvalue weighted by Gasteiger charge is 2.14. The van der Waals surface area contributed by atoms with Gasteiger partial charge in [-0.25, -0.2) is 0 Å². The Labute approximate surface area is 124 Å². The first-order valence-electron chi connectivity index (χ1n) is 7.11. The van der Waals surface area contributed by atoms with E-state index in [1.165, 1.54) is 0 Å². The van der Waals surface area contributed by atoms with Crippen molar-refractivity contribution in [2.24, 2.45) is 5.73 Å². The van der Waals surface area contributed by atoms with Crippen LogP contribution in [0.5, 0.6) is 5.75 Å². The fourth-order valence-electron chi connectivity index (χ4n) is 2.49. The Morgan fingerprint density at radius 3 is 2.81 bits per heavy atom. The minimum Gasteiger partial charge on any atom is -0.494 e. The molecule has 3 aromatic rings. The number of hydrogen-bond donors (Lipinski definition) is 1. The highest BCUT2D eigenvalue weighted by atomic mass is 16.5. The third-order valence-corrected chi connectivity index (χ3v) is 3.54. The largest absolute Gasteiger partial charge is 0.494 e. The molecule has 0 amide bonds. The Morgan fingerprint density at radius 2 is 1.95 bits per heavy atom. The van der Waals surface area contributed by atoms with Gasteiger partial charge in [0.05, 0.1) is 18.2 Å². The standard InChI is InChI=1S/C18H18N2O/c1-2-21-17-8-4-3-7-15(17)18(19)14-9-10-16-13(12-14)6-5-11-20-16/h3-12,18H,2,19H2,1H3. The van der Waals surface area contributed by atoms with Crippen LogP contribution in [0.2, 0.25) is 0 Å². The zero-order valence-electron chi connectivity index (χ0n) is 12.0. The molecule has 0 aliphatic heterocycles. The summed E-state index contributed by atoms with van der Waals surface area (Å²) in [6.07, 6.45) is 1.80. The van der Waals surface area contributed by atoms with Crippen LogP contribution in [0.3, 0.4) is 0 Å². The SMILES string of the molecule is CCOc1ccccc1C(N)c1ccc2ncccc2c1. The van der Waals surface area contributed by atoms with E-state index in [-0.39, 0.29) is 6.04 Å². The molecule has 106 valence electrons. The third-order valence-electron chi connectivity index (χ3n) is 3.54. The minimum absolute atomic E-state index is 0.211. The molecule has 0 saturated carbocycles. The van der Waals surface area contributed by atoms with Crippen LogP contribution >= 0.6 is 0 Å². The predicted molar refractivity (Wildman–Crippen MR) is 85.4 cm³/mol. The van der Waals surface area contributed by atoms with Crippen molar-refractivity contribution >= 4 is 10.9 Å². The molecule has 0 fully saturated rings. The molecule has 0 saturated heterocycles. The van der Waals surface area contributed by atoms with Gasteiger partial charge < -0.3 is 10.5 Å². The summed E-state index contributed by atoms with van der Waals surface area (Å²) in [5, 5.41) is 1.10. The molecule has 0 aliphatic carbocycles. The Hall–Kier alpha value is -2.39. The summed E-state index contributed by atoms with van der Waals surface area (Å²) in [7, 11) is 0. The van der Waals surface area contributed by atoms with Crippen LogP contribution in [-0.4, -0.2) is 11.6 Å². The van der Waals surface area contributed by atoms with Crippen molar-refractivity contribution < 1.29 is 4.74 Å². The van der Waals surface area contributed by atoms with Gasteiger partial charge in [-0.05, 0) is 36.8 Å². The first-order valence-corrected chi connectivity index (χ1v) is 7.11. The molecule has 0 spiro atoms. The number of benzene rings is 2. The Bertz CT molecular complexity index is 755. The van der Waals surface area contributed by atoms with E-state index in [9.17, 15) is 0 Å². The van der Waals surface area contributed by atoms with Gasteiger partial charge in [0, 0.05) is 17.1 Å². The van der Waals surface area contributed by atoms with Crippen LogP contribution in [0.25, 0.3) is 10.9 Å². The second-order valence-corrected chi connectivity index (χ2v) is 4.90. The maximum absolute atomic E-state index is 6.44. The van der Waals surface area contributed by atoms with E-state index in [0.29, 0.717) is 6.61 Å². The number of aromatic nitrogens is 1. The first kappa shape index (κ1) is 13.6. The fraction of sp³-hybridized carbons (Fsp3) is 0.167. The zero-order valence-corrected chi connectivity index (χ0v) is 12.0. The predicted octanol–water partition coefficient (Wildman–Crippen LogP) is 3.68. The molecular formula is C18H18N2O. The smallest absolute Gasteiger partial charge is 0.124 e. The summed E-state index contributed by atoms with van der Waals surface area (Å²) >= 11 is 0. The lowest BCUT2D eigenvalue weighted by Gasteiger charge is -2.17. The number of ether oxygens (including phenoxy) is 1. The van der Waals surface area contributed by atoms with Gasteiger partial charge in [-0.15, -0.1) is 0 Å². The van der Waals surface area contributed by atoms with Crippen LogP contribution in [0.4, 0.5) is 0 Å². The lowest BCUT2D eigenvalue weighted by Crippen LogP contribution is -2.13. The lowest BCUT2D eigenvalue weighted by molar-refractivity contribution is 0.335. The van der Waals surface area contributed by atoms with Crippen LogP contribution in [0, 0.1) is 0 Å². The van der Waals surface area contributed by atoms with Crippen molar-refractivity contribution in [2.45, 2.75) is 13.0 Å². The lowest BCUT2D eigenvalue weighted by atomic mass is 9.97. The second kappa shape index (κ2) is 5.94. The van der Waals surface area contributed by atoms with E-state index in [1.54, 1.807) is 6.20 Å². The van der Waals surface area contributed by atoms with Crippen molar-refractivity contribution in [3.63, 3.8) is 0 Å². The van der Waals surface area contributed by atoms with Crippen LogP contribution in [0.1, 0.15) is 24.1 Å². The van der Waals surface area contributed by atoms with Crippen molar-refractivity contribution in [1.82, 2.24) is 4.98 Å². The Morgan fingerprint density at radius 1 is 1.10 bits per heavy atom. The number of pyridine rings is 1. The molecule has 0 aliphatic rings. The van der Waals surface area contributed by atoms with E-state index in [2.05, 4.69) is 11.1 Å². The maximum Gasteiger partial charge on any atom is 0.124 e. The molecule has 2 aromatic carbocycles. The summed E-state index contributed by atoms with van der Waals surface area (Å²) in [5.74, 6) is 0.846. The van der Waals surface area contributed by atoms with Gasteiger partial charge in [-0.2, -0.15) is 0 Å². The van der Waals surface area contributed by atoms with E-state index in [0.717, 1.165) is 27.8 Å². The molecular weight excluding hydrogens is 260 g/mol. The molecule has 3 heteroatoms. The van der Waals surface area contributed by atoms with Crippen LogP contribution < -0.4 is 10.5 Å². The summed E-state index contributed by atoms with van der Waals surface area (Å²) in [6.45, 7) is 2.61. The summed E-state index contributed by atoms with van der Waals surface area (Å²) in [6, 6.07) is 17.8. The van der Waals surface area contributed by atoms with Gasteiger partial charge in [0.25, 0.3) is 0 Å². The van der Waals surface area contributed by atoms with Crippen molar-refractivity contribution in [3.05, 3.63) is 71.9 Å². The quantitative estimate of drug-likeness (QED) is 0.792. The average Bonchev–Trinajstić information content (AvgIpc) is 2.54. The number of fused-ring (bicyclic) bond motifs is 1. The van der Waals surface area contributed by atoms with E-state index in [1.807, 2.05) is 55.5 Å². The molecule has 1 atom stereocenters. The van der Waals surface area contributed by atoms with Gasteiger partial charge in [0.1, 0.15) is 5.75 Å². The number of nitrogens with two attached hydrogens (primary N) is 1. The fourth-order valence-corrected chi connectivity index (χ4v) is 2.49. The Kier molecular flexibility index (Phi) is 3.84. The summed E-state index contributed by atoms with van der Waals surface area (Å²) < 4.78 is 5.67. The molecule has 0 radical (unpaired) electrons. The van der Waals surface area contributed by atoms with Crippen molar-refractivity contribution in [2.75, 3.05) is 6.61 Å². The monoisotopic (exact) mass is 278 g/mol. The van der Waals surface area contributed by atoms with Gasteiger partial charge in [-0.3, -0.25) is 4.98 Å². The zero-order chi connectivity index (χ0) is 14.7. The van der Waals surface area contributed by atoms with E-state index in [4.69, 9.17) is 10.5 Å². The van der Waals surface area contributed by atoms with Crippen LogP contribution in [-0.2, 0) is 0 Å². The molecule has 0 bridgehead atoms. The molecule has 3 rings (SSSR count). The highest BCUT2D eigenvalue weighted by molar-refractivity contribution is 5.79. The average molecular weight is 278 g/mol. The molecule has 2 N–H and O–H groups in total. The molecule has 1 aromatic heterocycles. The molecule has 21 heavy (non-hydrogen) atoms. The number of nitrogens with zero attached hydrogens (tertiary/aromatic N) is 1. The topological polar surface area (TPSA) is 48.1 Å². The van der Waals surface area contributed by atoms with Crippen molar-refractivity contribution in [1.29, 1.82) is 0 Å². The molecule has 1 heterocycles. The normalized spacial score (nSPS) is 12.3. The van der Waals surface area contributed by atoms with Crippen molar-refractivity contribution in [3.8, 4) is 5.75 Å². The van der Waals surface area contributed by atoms with E-state index >= 15 is 0 Å². The summed E-state index contributed by atoms with van der Waals surface area (Å²) in [5.41, 5.74) is 9.48. The van der Waals surface area contributed by atoms with Gasteiger partial charge in [-0.1, -0.05) is 30.3 Å². The number of hydrogen-bond acceptors (Lipinski definition) is 3. The Balaban J connectivity index is 2.02. The second-order valence-electron chi connectivity index (χ2n) is 4.90. The molecule has 3 nitrogen and oxygen atoms in total.